The molecule has 3 aromatic rings. The van der Waals surface area contributed by atoms with Crippen LogP contribution in [-0.2, 0) is 4.57 Å². The van der Waals surface area contributed by atoms with Crippen LogP contribution in [-0.4, -0.2) is 10.4 Å². The molecule has 0 bridgehead atoms. The van der Waals surface area contributed by atoms with E-state index in [2.05, 4.69) is 11.8 Å². The first-order valence-electron chi connectivity index (χ1n) is 8.06. The van der Waals surface area contributed by atoms with Crippen molar-refractivity contribution in [3.63, 3.8) is 0 Å². The van der Waals surface area contributed by atoms with Crippen molar-refractivity contribution in [3.05, 3.63) is 96.6 Å². The zero-order valence-corrected chi connectivity index (χ0v) is 14.9. The number of aliphatic hydroxyl groups is 1. The highest BCUT2D eigenvalue weighted by Crippen LogP contribution is 2.54. The van der Waals surface area contributed by atoms with Gasteiger partial charge < -0.3 is 9.67 Å². The summed E-state index contributed by atoms with van der Waals surface area (Å²) < 4.78 is 14.1. The lowest BCUT2D eigenvalue weighted by Crippen LogP contribution is -2.34. The summed E-state index contributed by atoms with van der Waals surface area (Å²) in [7, 11) is -3.38. The Bertz CT molecular complexity index is 893. The molecule has 0 aliphatic heterocycles. The van der Waals surface area contributed by atoms with Crippen molar-refractivity contribution in [1.29, 1.82) is 0 Å². The molecule has 0 spiro atoms. The van der Waals surface area contributed by atoms with Crippen molar-refractivity contribution in [2.24, 2.45) is 0 Å². The molecular weight excluding hydrogens is 327 g/mol. The van der Waals surface area contributed by atoms with E-state index >= 15 is 0 Å². The number of rotatable bonds is 3. The predicted molar refractivity (Wildman–Crippen MR) is 104 cm³/mol. The normalized spacial score (nSPS) is 13.4. The summed E-state index contributed by atoms with van der Waals surface area (Å²) in [5.41, 5.74) is 0.774. The van der Waals surface area contributed by atoms with Gasteiger partial charge in [-0.1, -0.05) is 90.7 Å². The first-order chi connectivity index (χ1) is 12.0. The Balaban J connectivity index is 2.15. The first-order valence-corrected chi connectivity index (χ1v) is 9.77. The van der Waals surface area contributed by atoms with Crippen LogP contribution < -0.4 is 10.6 Å². The van der Waals surface area contributed by atoms with Crippen LogP contribution in [0.3, 0.4) is 0 Å². The maximum Gasteiger partial charge on any atom is 0.184 e. The van der Waals surface area contributed by atoms with Crippen LogP contribution in [0, 0.1) is 11.8 Å². The van der Waals surface area contributed by atoms with Gasteiger partial charge in [0.1, 0.15) is 0 Å². The van der Waals surface area contributed by atoms with Crippen molar-refractivity contribution in [3.8, 4) is 11.8 Å². The Labute approximate surface area is 148 Å². The lowest BCUT2D eigenvalue weighted by molar-refractivity contribution is 0.205. The largest absolute Gasteiger partial charge is 0.371 e. The Hall–Kier alpha value is -2.59. The minimum Gasteiger partial charge on any atom is -0.371 e. The molecule has 1 N–H and O–H groups in total. The maximum absolute atomic E-state index is 14.1. The highest BCUT2D eigenvalue weighted by molar-refractivity contribution is 7.80. The van der Waals surface area contributed by atoms with Gasteiger partial charge in [0.25, 0.3) is 0 Å². The van der Waals surface area contributed by atoms with Gasteiger partial charge in [-0.15, -0.1) is 0 Å². The van der Waals surface area contributed by atoms with Crippen molar-refractivity contribution in [2.45, 2.75) is 12.3 Å². The molecule has 2 nitrogen and oxygen atoms in total. The fraction of sp³-hybridized carbons (Fsp3) is 0.0909. The van der Waals surface area contributed by atoms with E-state index in [-0.39, 0.29) is 0 Å². The molecule has 3 rings (SSSR count). The summed E-state index contributed by atoms with van der Waals surface area (Å²) in [6, 6.07) is 27.6. The van der Waals surface area contributed by atoms with E-state index in [1.165, 1.54) is 6.92 Å². The number of hydrogen-bond donors (Lipinski definition) is 1. The Kier molecular flexibility index (Phi) is 4.91. The summed E-state index contributed by atoms with van der Waals surface area (Å²) in [5, 5.41) is 10.7. The Morgan fingerprint density at radius 2 is 1.16 bits per heavy atom. The molecule has 0 amide bonds. The molecule has 0 radical (unpaired) electrons. The van der Waals surface area contributed by atoms with Crippen molar-refractivity contribution in [1.82, 2.24) is 0 Å². The van der Waals surface area contributed by atoms with Gasteiger partial charge in [0.2, 0.25) is 0 Å². The lowest BCUT2D eigenvalue weighted by Gasteiger charge is -2.29. The molecular formula is C22H19O2P. The second-order valence-electron chi connectivity index (χ2n) is 5.92. The van der Waals surface area contributed by atoms with Gasteiger partial charge in [0.15, 0.2) is 12.5 Å². The fourth-order valence-corrected chi connectivity index (χ4v) is 5.42. The van der Waals surface area contributed by atoms with Crippen LogP contribution in [0.1, 0.15) is 12.5 Å². The van der Waals surface area contributed by atoms with Gasteiger partial charge >= 0.3 is 0 Å². The van der Waals surface area contributed by atoms with E-state index in [1.807, 2.05) is 66.7 Å². The molecule has 0 fully saturated rings. The standard InChI is InChI=1S/C22H19O2P/c1-22(23,18-17-19-11-5-2-6-12-19)25(24,20-13-7-3-8-14-20)21-15-9-4-10-16-21/h2-16,23H,1H3. The highest BCUT2D eigenvalue weighted by Gasteiger charge is 2.44. The Morgan fingerprint density at radius 1 is 0.760 bits per heavy atom. The molecule has 3 aromatic carbocycles. The molecule has 0 aliphatic carbocycles. The smallest absolute Gasteiger partial charge is 0.184 e. The third-order valence-electron chi connectivity index (χ3n) is 4.07. The molecule has 0 aliphatic rings. The molecule has 3 heteroatoms. The third kappa shape index (κ3) is 3.44. The molecule has 124 valence electrons. The minimum absolute atomic E-state index is 0.591. The second kappa shape index (κ2) is 7.11. The van der Waals surface area contributed by atoms with Crippen LogP contribution in [0.5, 0.6) is 0 Å². The van der Waals surface area contributed by atoms with Gasteiger partial charge in [-0.25, -0.2) is 0 Å². The lowest BCUT2D eigenvalue weighted by atomic mass is 10.2. The monoisotopic (exact) mass is 346 g/mol. The Morgan fingerprint density at radius 3 is 1.60 bits per heavy atom. The van der Waals surface area contributed by atoms with Crippen LogP contribution in [0.15, 0.2) is 91.0 Å². The third-order valence-corrected chi connectivity index (χ3v) is 7.46. The van der Waals surface area contributed by atoms with Crippen LogP contribution in [0.4, 0.5) is 0 Å². The highest BCUT2D eigenvalue weighted by atomic mass is 31.2. The average molecular weight is 346 g/mol. The molecule has 0 aromatic heterocycles. The van der Waals surface area contributed by atoms with Crippen molar-refractivity contribution >= 4 is 17.8 Å². The topological polar surface area (TPSA) is 37.3 Å². The zero-order valence-electron chi connectivity index (χ0n) is 14.0. The van der Waals surface area contributed by atoms with E-state index in [9.17, 15) is 9.67 Å². The SMILES string of the molecule is CC(O)(C#Cc1ccccc1)P(=O)(c1ccccc1)c1ccccc1. The van der Waals surface area contributed by atoms with Crippen molar-refractivity contribution in [2.75, 3.05) is 0 Å². The van der Waals surface area contributed by atoms with E-state index < -0.39 is 12.5 Å². The van der Waals surface area contributed by atoms with Crippen LogP contribution in [0.25, 0.3) is 0 Å². The van der Waals surface area contributed by atoms with Gasteiger partial charge in [-0.2, -0.15) is 0 Å². The van der Waals surface area contributed by atoms with E-state index in [1.54, 1.807) is 24.3 Å². The zero-order chi connectivity index (χ0) is 17.8. The van der Waals surface area contributed by atoms with Crippen LogP contribution >= 0.6 is 7.14 Å². The number of benzene rings is 3. The fourth-order valence-electron chi connectivity index (χ4n) is 2.72. The second-order valence-corrected chi connectivity index (χ2v) is 9.04. The molecule has 0 saturated carbocycles. The quantitative estimate of drug-likeness (QED) is 0.579. The van der Waals surface area contributed by atoms with Crippen molar-refractivity contribution < 1.29 is 9.67 Å². The molecule has 1 unspecified atom stereocenters. The predicted octanol–water partition coefficient (Wildman–Crippen LogP) is 3.76. The first kappa shape index (κ1) is 17.2. The molecule has 1 atom stereocenters. The minimum atomic E-state index is -3.38. The summed E-state index contributed by atoms with van der Waals surface area (Å²) in [5.74, 6) is 5.81. The summed E-state index contributed by atoms with van der Waals surface area (Å²) >= 11 is 0. The molecule has 25 heavy (non-hydrogen) atoms. The van der Waals surface area contributed by atoms with Gasteiger partial charge in [-0.05, 0) is 19.1 Å². The summed E-state index contributed by atoms with van der Waals surface area (Å²) in [6.07, 6.45) is 0. The van der Waals surface area contributed by atoms with E-state index in [4.69, 9.17) is 0 Å². The van der Waals surface area contributed by atoms with Gasteiger partial charge in [0.05, 0.1) is 0 Å². The van der Waals surface area contributed by atoms with E-state index in [0.717, 1.165) is 5.56 Å². The maximum atomic E-state index is 14.1. The van der Waals surface area contributed by atoms with Crippen LogP contribution in [0.2, 0.25) is 0 Å². The van der Waals surface area contributed by atoms with Gasteiger partial charge in [0, 0.05) is 16.2 Å². The average Bonchev–Trinajstić information content (AvgIpc) is 2.68. The summed E-state index contributed by atoms with van der Waals surface area (Å²) in [6.45, 7) is 1.53. The van der Waals surface area contributed by atoms with Gasteiger partial charge in [-0.3, -0.25) is 0 Å². The number of hydrogen-bond acceptors (Lipinski definition) is 2. The summed E-state index contributed by atoms with van der Waals surface area (Å²) in [4.78, 5) is 0. The molecule has 0 heterocycles. The van der Waals surface area contributed by atoms with E-state index in [0.29, 0.717) is 10.6 Å². The molecule has 0 saturated heterocycles.